The van der Waals surface area contributed by atoms with Gasteiger partial charge in [0, 0.05) is 50.8 Å². The molecule has 4 aromatic rings. The number of ether oxygens (including phenoxy) is 5. The Morgan fingerprint density at radius 1 is 0.918 bits per heavy atom. The third kappa shape index (κ3) is 7.94. The van der Waals surface area contributed by atoms with Gasteiger partial charge in [-0.2, -0.15) is 0 Å². The minimum atomic E-state index is -0.816. The van der Waals surface area contributed by atoms with E-state index in [1.807, 2.05) is 36.4 Å². The smallest absolute Gasteiger partial charge is 0.306 e. The summed E-state index contributed by atoms with van der Waals surface area (Å²) in [5.74, 6) is 1.25. The summed E-state index contributed by atoms with van der Waals surface area (Å²) in [5, 5.41) is 11.0. The van der Waals surface area contributed by atoms with Crippen LogP contribution in [0.5, 0.6) is 28.7 Å². The van der Waals surface area contributed by atoms with Gasteiger partial charge in [0.25, 0.3) is 0 Å². The summed E-state index contributed by atoms with van der Waals surface area (Å²) in [4.78, 5) is 30.1. The summed E-state index contributed by atoms with van der Waals surface area (Å²) in [6, 6.07) is 20.8. The highest BCUT2D eigenvalue weighted by Gasteiger charge is 2.28. The molecule has 2 aliphatic rings. The molecule has 1 N–H and O–H groups in total. The van der Waals surface area contributed by atoms with E-state index in [-0.39, 0.29) is 12.2 Å². The second-order valence-corrected chi connectivity index (χ2v) is 12.1. The monoisotopic (exact) mass is 670 g/mol. The standard InChI is InChI=1S/C38H42N2O9/c1-44-29-8-6-28(7-9-29)40-16-14-39(15-17-40)24-30-22-32(41)37(43)38(49-30)31(23-36(42)46-3)26-5-11-34(35(21-26)45-2)48-18-12-25-4-10-33-27(20-25)13-19-47-33/h4-11,20-22,31,43H,12-19,23-24H2,1-3H3/t31-/m0/s1. The summed E-state index contributed by atoms with van der Waals surface area (Å²) in [7, 11) is 4.48. The predicted octanol–water partition coefficient (Wildman–Crippen LogP) is 4.94. The zero-order chi connectivity index (χ0) is 34.3. The van der Waals surface area contributed by atoms with E-state index in [0.717, 1.165) is 55.3 Å². The second-order valence-electron chi connectivity index (χ2n) is 12.1. The van der Waals surface area contributed by atoms with Gasteiger partial charge in [0.05, 0.1) is 53.4 Å². The SMILES string of the molecule is COC(=O)C[C@@H](c1ccc(OCCc2ccc3c(c2)CCO3)c(OC)c1)c1oc(CN2CCN(c3ccc(OC)cc3)CC2)cc(=O)c1O. The number of methoxy groups -OCH3 is 3. The molecule has 0 radical (unpaired) electrons. The summed E-state index contributed by atoms with van der Waals surface area (Å²) in [6.07, 6.45) is 1.45. The zero-order valence-corrected chi connectivity index (χ0v) is 28.1. The number of hydrogen-bond donors (Lipinski definition) is 1. The van der Waals surface area contributed by atoms with Gasteiger partial charge in [-0.05, 0) is 59.2 Å². The summed E-state index contributed by atoms with van der Waals surface area (Å²) in [5.41, 5.74) is 3.50. The van der Waals surface area contributed by atoms with Crippen LogP contribution in [0.4, 0.5) is 5.69 Å². The van der Waals surface area contributed by atoms with Gasteiger partial charge in [-0.15, -0.1) is 0 Å². The number of esters is 1. The highest BCUT2D eigenvalue weighted by Crippen LogP contribution is 2.38. The van der Waals surface area contributed by atoms with Crippen molar-refractivity contribution in [3.8, 4) is 28.7 Å². The fraction of sp³-hybridized carbons (Fsp3) is 0.368. The fourth-order valence-corrected chi connectivity index (χ4v) is 6.35. The number of carbonyl (C=O) groups excluding carboxylic acids is 1. The summed E-state index contributed by atoms with van der Waals surface area (Å²) >= 11 is 0. The molecule has 0 aliphatic carbocycles. The van der Waals surface area contributed by atoms with E-state index in [1.54, 1.807) is 25.3 Å². The van der Waals surface area contributed by atoms with Crippen LogP contribution in [-0.4, -0.2) is 76.7 Å². The van der Waals surface area contributed by atoms with Gasteiger partial charge in [-0.1, -0.05) is 18.2 Å². The Balaban J connectivity index is 1.17. The minimum Gasteiger partial charge on any atom is -0.502 e. The Labute approximate surface area is 285 Å². The lowest BCUT2D eigenvalue weighted by Gasteiger charge is -2.36. The number of hydrogen-bond acceptors (Lipinski definition) is 11. The molecule has 49 heavy (non-hydrogen) atoms. The Morgan fingerprint density at radius 3 is 2.45 bits per heavy atom. The molecule has 2 aliphatic heterocycles. The Kier molecular flexibility index (Phi) is 10.6. The third-order valence-electron chi connectivity index (χ3n) is 9.10. The molecular weight excluding hydrogens is 628 g/mol. The van der Waals surface area contributed by atoms with Crippen molar-refractivity contribution >= 4 is 11.7 Å². The molecule has 1 aromatic heterocycles. The van der Waals surface area contributed by atoms with Crippen molar-refractivity contribution in [3.05, 3.63) is 105 Å². The Hall–Kier alpha value is -5.16. The van der Waals surface area contributed by atoms with Crippen molar-refractivity contribution < 1.29 is 38.0 Å². The maximum Gasteiger partial charge on any atom is 0.306 e. The molecular formula is C38H42N2O9. The van der Waals surface area contributed by atoms with Gasteiger partial charge < -0.3 is 38.1 Å². The van der Waals surface area contributed by atoms with E-state index in [9.17, 15) is 14.7 Å². The van der Waals surface area contributed by atoms with Gasteiger partial charge in [0.2, 0.25) is 11.2 Å². The quantitative estimate of drug-likeness (QED) is 0.195. The first-order chi connectivity index (χ1) is 23.8. The highest BCUT2D eigenvalue weighted by atomic mass is 16.5. The number of fused-ring (bicyclic) bond motifs is 1. The molecule has 3 heterocycles. The highest BCUT2D eigenvalue weighted by molar-refractivity contribution is 5.71. The van der Waals surface area contributed by atoms with E-state index in [1.165, 1.54) is 25.8 Å². The molecule has 0 bridgehead atoms. The molecule has 1 fully saturated rings. The van der Waals surface area contributed by atoms with Crippen LogP contribution < -0.4 is 29.3 Å². The van der Waals surface area contributed by atoms with E-state index >= 15 is 0 Å². The molecule has 1 atom stereocenters. The number of benzene rings is 3. The van der Waals surface area contributed by atoms with Crippen LogP contribution in [0, 0.1) is 0 Å². The number of nitrogens with zero attached hydrogens (tertiary/aromatic N) is 2. The van der Waals surface area contributed by atoms with Crippen molar-refractivity contribution in [2.75, 3.05) is 65.6 Å². The van der Waals surface area contributed by atoms with Gasteiger partial charge in [0.15, 0.2) is 17.3 Å². The van der Waals surface area contributed by atoms with Crippen LogP contribution in [0.15, 0.2) is 75.9 Å². The van der Waals surface area contributed by atoms with Crippen molar-refractivity contribution in [1.29, 1.82) is 0 Å². The van der Waals surface area contributed by atoms with E-state index in [2.05, 4.69) is 15.9 Å². The first-order valence-electron chi connectivity index (χ1n) is 16.4. The lowest BCUT2D eigenvalue weighted by Crippen LogP contribution is -2.46. The molecule has 6 rings (SSSR count). The van der Waals surface area contributed by atoms with Gasteiger partial charge in [-0.3, -0.25) is 14.5 Å². The fourth-order valence-electron chi connectivity index (χ4n) is 6.35. The lowest BCUT2D eigenvalue weighted by molar-refractivity contribution is -0.140. The van der Waals surface area contributed by atoms with Crippen molar-refractivity contribution in [2.24, 2.45) is 0 Å². The first kappa shape index (κ1) is 33.7. The first-order valence-corrected chi connectivity index (χ1v) is 16.4. The van der Waals surface area contributed by atoms with Crippen LogP contribution >= 0.6 is 0 Å². The number of aromatic hydroxyl groups is 1. The largest absolute Gasteiger partial charge is 0.502 e. The number of anilines is 1. The van der Waals surface area contributed by atoms with Crippen LogP contribution in [-0.2, 0) is 28.9 Å². The molecule has 0 saturated carbocycles. The average Bonchev–Trinajstić information content (AvgIpc) is 3.61. The van der Waals surface area contributed by atoms with Crippen molar-refractivity contribution in [1.82, 2.24) is 4.90 Å². The van der Waals surface area contributed by atoms with Gasteiger partial charge >= 0.3 is 5.97 Å². The minimum absolute atomic E-state index is 0.000999. The molecule has 0 spiro atoms. The number of piperazine rings is 1. The van der Waals surface area contributed by atoms with Crippen molar-refractivity contribution in [2.45, 2.75) is 31.7 Å². The molecule has 0 amide bonds. The van der Waals surface area contributed by atoms with Crippen LogP contribution in [0.3, 0.4) is 0 Å². The number of rotatable bonds is 13. The maximum absolute atomic E-state index is 13.0. The normalized spacial score (nSPS) is 14.9. The molecule has 1 saturated heterocycles. The molecule has 258 valence electrons. The van der Waals surface area contributed by atoms with E-state index in [4.69, 9.17) is 28.1 Å². The topological polar surface area (TPSA) is 120 Å². The van der Waals surface area contributed by atoms with Crippen LogP contribution in [0.1, 0.15) is 40.5 Å². The summed E-state index contributed by atoms with van der Waals surface area (Å²) < 4.78 is 33.9. The van der Waals surface area contributed by atoms with Gasteiger partial charge in [-0.25, -0.2) is 0 Å². The molecule has 0 unspecified atom stereocenters. The van der Waals surface area contributed by atoms with Crippen molar-refractivity contribution in [3.63, 3.8) is 0 Å². The predicted molar refractivity (Wildman–Crippen MR) is 183 cm³/mol. The summed E-state index contributed by atoms with van der Waals surface area (Å²) in [6.45, 7) is 4.59. The van der Waals surface area contributed by atoms with Gasteiger partial charge in [0.1, 0.15) is 17.3 Å². The number of carbonyl (C=O) groups is 1. The zero-order valence-electron chi connectivity index (χ0n) is 28.1. The maximum atomic E-state index is 13.0. The Bertz CT molecular complexity index is 1810. The lowest BCUT2D eigenvalue weighted by atomic mass is 9.91. The second kappa shape index (κ2) is 15.4. The third-order valence-corrected chi connectivity index (χ3v) is 9.10. The van der Waals surface area contributed by atoms with E-state index in [0.29, 0.717) is 49.0 Å². The van der Waals surface area contributed by atoms with Crippen LogP contribution in [0.2, 0.25) is 0 Å². The Morgan fingerprint density at radius 2 is 1.71 bits per heavy atom. The molecule has 11 nitrogen and oxygen atoms in total. The molecule has 3 aromatic carbocycles. The average molecular weight is 671 g/mol. The van der Waals surface area contributed by atoms with E-state index < -0.39 is 23.1 Å². The molecule has 11 heteroatoms. The van der Waals surface area contributed by atoms with Crippen LogP contribution in [0.25, 0.3) is 0 Å².